The Balaban J connectivity index is 3.56. The predicted molar refractivity (Wildman–Crippen MR) is 69.4 cm³/mol. The molecule has 0 saturated heterocycles. The zero-order valence-corrected chi connectivity index (χ0v) is 10.4. The van der Waals surface area contributed by atoms with Crippen molar-refractivity contribution < 1.29 is 14.7 Å². The third-order valence-electron chi connectivity index (χ3n) is 2.04. The molecule has 0 aliphatic rings. The van der Waals surface area contributed by atoms with Crippen molar-refractivity contribution >= 4 is 35.1 Å². The zero-order valence-electron chi connectivity index (χ0n) is 9.59. The predicted octanol–water partition coefficient (Wildman–Crippen LogP) is 0.274. The lowest BCUT2D eigenvalue weighted by atomic mass is 10.1. The molecule has 0 amide bonds. The van der Waals surface area contributed by atoms with Gasteiger partial charge in [-0.25, -0.2) is 0 Å². The molecule has 0 fully saturated rings. The third-order valence-corrected chi connectivity index (χ3v) is 2.34. The van der Waals surface area contributed by atoms with Crippen LogP contribution in [0.25, 0.3) is 0 Å². The maximum absolute atomic E-state index is 11.0. The molecule has 1 rings (SSSR count). The molecule has 12 heteroatoms. The summed E-state index contributed by atoms with van der Waals surface area (Å²) in [4.78, 5) is 19.6. The Bertz CT molecular complexity index is 638. The largest absolute Gasteiger partial charge is 0.722 e. The average molecular weight is 303 g/mol. The van der Waals surface area contributed by atoms with Gasteiger partial charge < -0.3 is 5.21 Å². The summed E-state index contributed by atoms with van der Waals surface area (Å²) in [6.45, 7) is 0. The molecule has 11 nitrogen and oxygen atoms in total. The zero-order chi connectivity index (χ0) is 15.4. The number of halogens is 1. The first-order chi connectivity index (χ1) is 9.25. The number of nitrogens with zero attached hydrogens (tertiary/aromatic N) is 4. The second kappa shape index (κ2) is 5.79. The molecule has 0 saturated carbocycles. The van der Waals surface area contributed by atoms with Crippen LogP contribution in [-0.2, 0) is 0 Å². The molecular weight excluding hydrogens is 296 g/mol. The van der Waals surface area contributed by atoms with Crippen LogP contribution in [0, 0.1) is 25.4 Å². The van der Waals surface area contributed by atoms with Crippen LogP contribution < -0.4 is 11.5 Å². The summed E-state index contributed by atoms with van der Waals surface area (Å²) in [7, 11) is 0. The van der Waals surface area contributed by atoms with E-state index in [1.165, 1.54) is 0 Å². The normalized spacial score (nSPS) is 10.4. The minimum Gasteiger partial charge on any atom is -0.722 e. The van der Waals surface area contributed by atoms with Crippen LogP contribution in [0.5, 0.6) is 0 Å². The van der Waals surface area contributed by atoms with Crippen LogP contribution in [0.3, 0.4) is 0 Å². The van der Waals surface area contributed by atoms with Crippen LogP contribution in [0.4, 0.5) is 11.4 Å². The fraction of sp³-hybridized carbons (Fsp3) is 0. The highest BCUT2D eigenvalue weighted by Gasteiger charge is 2.27. The molecule has 0 heterocycles. The third kappa shape index (κ3) is 3.08. The molecule has 0 unspecified atom stereocenters. The van der Waals surface area contributed by atoms with Crippen LogP contribution in [-0.4, -0.2) is 26.9 Å². The minimum atomic E-state index is -0.929. The topological polar surface area (TPSA) is 177 Å². The summed E-state index contributed by atoms with van der Waals surface area (Å²) >= 11 is 5.61. The Labute approximate surface area is 115 Å². The molecule has 1 aromatic rings. The first-order valence-electron chi connectivity index (χ1n) is 4.76. The SMILES string of the molecule is NC(N)=[N+]([O-])/N=C/c1c([N+](=O)[O-])ccc(Cl)c1[N+](=O)[O-]. The lowest BCUT2D eigenvalue weighted by molar-refractivity contribution is -0.464. The molecule has 20 heavy (non-hydrogen) atoms. The van der Waals surface area contributed by atoms with E-state index >= 15 is 0 Å². The van der Waals surface area contributed by atoms with Gasteiger partial charge in [-0.05, 0) is 6.07 Å². The first-order valence-corrected chi connectivity index (χ1v) is 5.14. The summed E-state index contributed by atoms with van der Waals surface area (Å²) in [5.74, 6) is -0.742. The Morgan fingerprint density at radius 3 is 2.25 bits per heavy atom. The van der Waals surface area contributed by atoms with Crippen molar-refractivity contribution in [3.63, 3.8) is 0 Å². The van der Waals surface area contributed by atoms with Crippen LogP contribution >= 0.6 is 11.6 Å². The second-order valence-corrected chi connectivity index (χ2v) is 3.69. The number of hydrogen-bond donors (Lipinski definition) is 2. The number of benzene rings is 1. The lowest BCUT2D eigenvalue weighted by Gasteiger charge is -2.04. The Kier molecular flexibility index (Phi) is 4.38. The fourth-order valence-corrected chi connectivity index (χ4v) is 1.45. The van der Waals surface area contributed by atoms with E-state index in [0.717, 1.165) is 12.1 Å². The van der Waals surface area contributed by atoms with Crippen LogP contribution in [0.15, 0.2) is 17.2 Å². The van der Waals surface area contributed by atoms with E-state index in [0.29, 0.717) is 6.21 Å². The summed E-state index contributed by atoms with van der Waals surface area (Å²) in [5.41, 5.74) is 7.90. The first kappa shape index (κ1) is 15.1. The highest BCUT2D eigenvalue weighted by atomic mass is 35.5. The van der Waals surface area contributed by atoms with Gasteiger partial charge in [-0.1, -0.05) is 11.6 Å². The van der Waals surface area contributed by atoms with Crippen molar-refractivity contribution in [2.45, 2.75) is 0 Å². The molecule has 4 N–H and O–H groups in total. The van der Waals surface area contributed by atoms with Crippen molar-refractivity contribution in [1.82, 2.24) is 0 Å². The van der Waals surface area contributed by atoms with Crippen LogP contribution in [0.1, 0.15) is 5.56 Å². The minimum absolute atomic E-state index is 0.256. The monoisotopic (exact) mass is 302 g/mol. The smallest absolute Gasteiger partial charge is 0.366 e. The molecule has 1 aromatic carbocycles. The summed E-state index contributed by atoms with van der Waals surface area (Å²) in [6.07, 6.45) is 0.592. The highest BCUT2D eigenvalue weighted by Crippen LogP contribution is 2.33. The maximum atomic E-state index is 11.0. The van der Waals surface area contributed by atoms with E-state index < -0.39 is 32.7 Å². The van der Waals surface area contributed by atoms with Gasteiger partial charge in [0.1, 0.15) is 5.02 Å². The van der Waals surface area contributed by atoms with Gasteiger partial charge in [0, 0.05) is 6.07 Å². The van der Waals surface area contributed by atoms with E-state index in [2.05, 4.69) is 5.10 Å². The van der Waals surface area contributed by atoms with Gasteiger partial charge in [0.05, 0.1) is 16.1 Å². The van der Waals surface area contributed by atoms with Crippen molar-refractivity contribution in [3.8, 4) is 0 Å². The summed E-state index contributed by atoms with van der Waals surface area (Å²) in [6, 6.07) is 1.94. The molecule has 0 spiro atoms. The Morgan fingerprint density at radius 1 is 1.20 bits per heavy atom. The highest BCUT2D eigenvalue weighted by molar-refractivity contribution is 6.33. The van der Waals surface area contributed by atoms with E-state index in [4.69, 9.17) is 23.1 Å². The standard InChI is InChI=1S/C8H7ClN6O5/c9-5-1-2-6(14(17)18)4(7(5)15(19)20)3-12-13(16)8(10)11/h1-3H,10-11H2/b12-3+. The average Bonchev–Trinajstić information content (AvgIpc) is 2.34. The maximum Gasteiger partial charge on any atom is 0.366 e. The van der Waals surface area contributed by atoms with Crippen molar-refractivity contribution in [2.24, 2.45) is 16.6 Å². The quantitative estimate of drug-likeness (QED) is 0.200. The van der Waals surface area contributed by atoms with Gasteiger partial charge in [-0.2, -0.15) is 0 Å². The van der Waals surface area contributed by atoms with Gasteiger partial charge in [0.25, 0.3) is 5.69 Å². The number of rotatable bonds is 4. The number of nitro benzene ring substituents is 2. The Morgan fingerprint density at radius 2 is 1.80 bits per heavy atom. The molecule has 0 aliphatic heterocycles. The van der Waals surface area contributed by atoms with Gasteiger partial charge in [0.15, 0.2) is 5.56 Å². The van der Waals surface area contributed by atoms with Crippen molar-refractivity contribution in [2.75, 3.05) is 0 Å². The number of nitrogens with two attached hydrogens (primary N) is 2. The molecule has 0 aliphatic carbocycles. The summed E-state index contributed by atoms with van der Waals surface area (Å²) < 4.78 is 0. The van der Waals surface area contributed by atoms with Gasteiger partial charge in [0.2, 0.25) is 0 Å². The number of hydrazone groups is 1. The van der Waals surface area contributed by atoms with Gasteiger partial charge in [-0.15, -0.1) is 9.95 Å². The van der Waals surface area contributed by atoms with Gasteiger partial charge >= 0.3 is 11.6 Å². The second-order valence-electron chi connectivity index (χ2n) is 3.29. The fourth-order valence-electron chi connectivity index (χ4n) is 1.22. The van der Waals surface area contributed by atoms with Gasteiger partial charge in [-0.3, -0.25) is 31.7 Å². The summed E-state index contributed by atoms with van der Waals surface area (Å²) in [5, 5.41) is 35.5. The molecule has 0 radical (unpaired) electrons. The van der Waals surface area contributed by atoms with Crippen LogP contribution in [0.2, 0.25) is 5.02 Å². The van der Waals surface area contributed by atoms with Crippen molar-refractivity contribution in [3.05, 3.63) is 48.2 Å². The van der Waals surface area contributed by atoms with E-state index in [9.17, 15) is 25.4 Å². The number of guanidine groups is 1. The molecular formula is C8H7ClN6O5. The molecule has 106 valence electrons. The molecule has 0 aromatic heterocycles. The number of hydrogen-bond acceptors (Lipinski definition) is 6. The molecule has 0 bridgehead atoms. The van der Waals surface area contributed by atoms with Crippen molar-refractivity contribution in [1.29, 1.82) is 0 Å². The van der Waals surface area contributed by atoms with E-state index in [1.807, 2.05) is 0 Å². The number of nitro groups is 2. The van der Waals surface area contributed by atoms with E-state index in [-0.39, 0.29) is 9.87 Å². The molecule has 0 atom stereocenters. The Hall–Kier alpha value is -2.95. The van der Waals surface area contributed by atoms with E-state index in [1.54, 1.807) is 0 Å². The lowest BCUT2D eigenvalue weighted by Crippen LogP contribution is -2.30.